The van der Waals surface area contributed by atoms with E-state index in [2.05, 4.69) is 59.1 Å². The SMILES string of the molecule is CCN(CC)CCCNc1nc2ccccc2c2cscc12. The molecule has 3 aromatic rings. The molecule has 0 fully saturated rings. The molecule has 2 aromatic heterocycles. The lowest BCUT2D eigenvalue weighted by Crippen LogP contribution is -2.25. The molecule has 0 amide bonds. The molecular formula is C18H23N3S. The smallest absolute Gasteiger partial charge is 0.135 e. The number of hydrogen-bond donors (Lipinski definition) is 1. The van der Waals surface area contributed by atoms with Crippen LogP contribution in [0.3, 0.4) is 0 Å². The average Bonchev–Trinajstić information content (AvgIpc) is 3.05. The van der Waals surface area contributed by atoms with Gasteiger partial charge in [0.15, 0.2) is 0 Å². The first kappa shape index (κ1) is 15.3. The van der Waals surface area contributed by atoms with Crippen molar-refractivity contribution in [3.05, 3.63) is 35.0 Å². The quantitative estimate of drug-likeness (QED) is 0.646. The Balaban J connectivity index is 1.76. The van der Waals surface area contributed by atoms with Crippen LogP contribution in [0.4, 0.5) is 5.82 Å². The van der Waals surface area contributed by atoms with Crippen LogP contribution in [0, 0.1) is 0 Å². The van der Waals surface area contributed by atoms with E-state index in [1.165, 1.54) is 16.2 Å². The van der Waals surface area contributed by atoms with E-state index in [1.807, 2.05) is 0 Å². The predicted octanol–water partition coefficient (Wildman–Crippen LogP) is 4.59. The number of nitrogens with zero attached hydrogens (tertiary/aromatic N) is 2. The highest BCUT2D eigenvalue weighted by Gasteiger charge is 2.08. The third-order valence-electron chi connectivity index (χ3n) is 4.18. The number of fused-ring (bicyclic) bond motifs is 3. The monoisotopic (exact) mass is 313 g/mol. The molecule has 0 aliphatic carbocycles. The van der Waals surface area contributed by atoms with Gasteiger partial charge in [-0.3, -0.25) is 0 Å². The molecule has 22 heavy (non-hydrogen) atoms. The first-order chi connectivity index (χ1) is 10.8. The second-order valence-electron chi connectivity index (χ2n) is 5.48. The molecule has 4 heteroatoms. The van der Waals surface area contributed by atoms with Crippen molar-refractivity contribution in [1.29, 1.82) is 0 Å². The Morgan fingerprint density at radius 1 is 1.05 bits per heavy atom. The molecular weight excluding hydrogens is 290 g/mol. The molecule has 1 aromatic carbocycles. The van der Waals surface area contributed by atoms with Crippen molar-refractivity contribution >= 4 is 38.8 Å². The van der Waals surface area contributed by atoms with Crippen LogP contribution < -0.4 is 5.32 Å². The standard InChI is InChI=1S/C18H23N3S/c1-3-21(4-2)11-7-10-19-18-16-13-22-12-15(16)14-8-5-6-9-17(14)20-18/h5-6,8-9,12-13H,3-4,7,10-11H2,1-2H3,(H,19,20). The van der Waals surface area contributed by atoms with Gasteiger partial charge in [0.1, 0.15) is 5.82 Å². The summed E-state index contributed by atoms with van der Waals surface area (Å²) in [6.45, 7) is 8.79. The van der Waals surface area contributed by atoms with Crippen LogP contribution in [0.25, 0.3) is 21.7 Å². The summed E-state index contributed by atoms with van der Waals surface area (Å²) in [5.41, 5.74) is 1.07. The van der Waals surface area contributed by atoms with E-state index in [-0.39, 0.29) is 0 Å². The van der Waals surface area contributed by atoms with Gasteiger partial charge in [-0.25, -0.2) is 4.98 Å². The van der Waals surface area contributed by atoms with Gasteiger partial charge >= 0.3 is 0 Å². The van der Waals surface area contributed by atoms with Crippen molar-refractivity contribution in [2.24, 2.45) is 0 Å². The summed E-state index contributed by atoms with van der Waals surface area (Å²) >= 11 is 1.75. The summed E-state index contributed by atoms with van der Waals surface area (Å²) in [4.78, 5) is 7.27. The highest BCUT2D eigenvalue weighted by atomic mass is 32.1. The van der Waals surface area contributed by atoms with Gasteiger partial charge < -0.3 is 10.2 Å². The van der Waals surface area contributed by atoms with Gasteiger partial charge in [0.05, 0.1) is 5.52 Å². The number of aromatic nitrogens is 1. The van der Waals surface area contributed by atoms with Gasteiger partial charge in [-0.2, -0.15) is 11.3 Å². The maximum atomic E-state index is 4.81. The number of benzene rings is 1. The lowest BCUT2D eigenvalue weighted by molar-refractivity contribution is 0.303. The van der Waals surface area contributed by atoms with Crippen LogP contribution in [-0.4, -0.2) is 36.1 Å². The minimum Gasteiger partial charge on any atom is -0.369 e. The second-order valence-corrected chi connectivity index (χ2v) is 6.23. The largest absolute Gasteiger partial charge is 0.369 e. The number of thiophene rings is 1. The van der Waals surface area contributed by atoms with Crippen molar-refractivity contribution in [1.82, 2.24) is 9.88 Å². The van der Waals surface area contributed by atoms with Crippen molar-refractivity contribution in [3.63, 3.8) is 0 Å². The summed E-state index contributed by atoms with van der Waals surface area (Å²) in [5, 5.41) is 11.7. The van der Waals surface area contributed by atoms with Crippen molar-refractivity contribution < 1.29 is 0 Å². The minimum atomic E-state index is 0.965. The van der Waals surface area contributed by atoms with Crippen LogP contribution in [0.2, 0.25) is 0 Å². The molecule has 0 unspecified atom stereocenters. The Kier molecular flexibility index (Phi) is 4.90. The summed E-state index contributed by atoms with van der Waals surface area (Å²) in [6, 6.07) is 8.38. The number of hydrogen-bond acceptors (Lipinski definition) is 4. The Labute approximate surface area is 136 Å². The molecule has 3 nitrogen and oxygen atoms in total. The maximum Gasteiger partial charge on any atom is 0.135 e. The van der Waals surface area contributed by atoms with E-state index in [0.717, 1.165) is 43.9 Å². The Morgan fingerprint density at radius 2 is 1.82 bits per heavy atom. The zero-order chi connectivity index (χ0) is 15.4. The number of pyridine rings is 1. The third-order valence-corrected chi connectivity index (χ3v) is 4.93. The number of anilines is 1. The van der Waals surface area contributed by atoms with Gasteiger partial charge in [0.25, 0.3) is 0 Å². The van der Waals surface area contributed by atoms with Crippen LogP contribution >= 0.6 is 11.3 Å². The Morgan fingerprint density at radius 3 is 2.64 bits per heavy atom. The van der Waals surface area contributed by atoms with Crippen molar-refractivity contribution in [2.45, 2.75) is 20.3 Å². The molecule has 0 bridgehead atoms. The molecule has 116 valence electrons. The summed E-state index contributed by atoms with van der Waals surface area (Å²) in [7, 11) is 0. The molecule has 2 heterocycles. The molecule has 0 aliphatic heterocycles. The van der Waals surface area contributed by atoms with E-state index >= 15 is 0 Å². The molecule has 0 atom stereocenters. The fraction of sp³-hybridized carbons (Fsp3) is 0.389. The number of rotatable bonds is 7. The Bertz CT molecular complexity index is 746. The van der Waals surface area contributed by atoms with E-state index < -0.39 is 0 Å². The summed E-state index contributed by atoms with van der Waals surface area (Å²) in [5.74, 6) is 1.02. The first-order valence-electron chi connectivity index (χ1n) is 8.04. The average molecular weight is 313 g/mol. The van der Waals surface area contributed by atoms with Crippen LogP contribution in [0.1, 0.15) is 20.3 Å². The maximum absolute atomic E-state index is 4.81. The first-order valence-corrected chi connectivity index (χ1v) is 8.98. The van der Waals surface area contributed by atoms with Gasteiger partial charge in [-0.05, 0) is 37.5 Å². The molecule has 1 N–H and O–H groups in total. The lowest BCUT2D eigenvalue weighted by Gasteiger charge is -2.18. The minimum absolute atomic E-state index is 0.965. The topological polar surface area (TPSA) is 28.2 Å². The molecule has 0 aliphatic rings. The zero-order valence-corrected chi connectivity index (χ0v) is 14.1. The summed E-state index contributed by atoms with van der Waals surface area (Å²) < 4.78 is 0. The van der Waals surface area contributed by atoms with Crippen LogP contribution in [-0.2, 0) is 0 Å². The zero-order valence-electron chi connectivity index (χ0n) is 13.3. The number of nitrogens with one attached hydrogen (secondary N) is 1. The van der Waals surface area contributed by atoms with E-state index in [4.69, 9.17) is 4.98 Å². The molecule has 3 rings (SSSR count). The van der Waals surface area contributed by atoms with Gasteiger partial charge in [0, 0.05) is 28.1 Å². The van der Waals surface area contributed by atoms with Crippen molar-refractivity contribution in [2.75, 3.05) is 31.5 Å². The van der Waals surface area contributed by atoms with E-state index in [1.54, 1.807) is 11.3 Å². The highest BCUT2D eigenvalue weighted by molar-refractivity contribution is 7.09. The molecule has 0 spiro atoms. The fourth-order valence-electron chi connectivity index (χ4n) is 2.85. The highest BCUT2D eigenvalue weighted by Crippen LogP contribution is 2.31. The van der Waals surface area contributed by atoms with Crippen molar-refractivity contribution in [3.8, 4) is 0 Å². The van der Waals surface area contributed by atoms with Gasteiger partial charge in [-0.15, -0.1) is 0 Å². The molecule has 0 radical (unpaired) electrons. The molecule has 0 saturated carbocycles. The van der Waals surface area contributed by atoms with Crippen LogP contribution in [0.5, 0.6) is 0 Å². The lowest BCUT2D eigenvalue weighted by atomic mass is 10.1. The number of para-hydroxylation sites is 1. The van der Waals surface area contributed by atoms with E-state index in [0.29, 0.717) is 0 Å². The van der Waals surface area contributed by atoms with Crippen LogP contribution in [0.15, 0.2) is 35.0 Å². The molecule has 0 saturated heterocycles. The second kappa shape index (κ2) is 7.07. The normalized spacial score (nSPS) is 11.6. The Hall–Kier alpha value is -1.65. The third kappa shape index (κ3) is 3.08. The predicted molar refractivity (Wildman–Crippen MR) is 98.0 cm³/mol. The fourth-order valence-corrected chi connectivity index (χ4v) is 3.69. The summed E-state index contributed by atoms with van der Waals surface area (Å²) in [6.07, 6.45) is 1.14. The van der Waals surface area contributed by atoms with Gasteiger partial charge in [0.2, 0.25) is 0 Å². The van der Waals surface area contributed by atoms with E-state index in [9.17, 15) is 0 Å². The van der Waals surface area contributed by atoms with Gasteiger partial charge in [-0.1, -0.05) is 32.0 Å².